The molecule has 164 valence electrons. The smallest absolute Gasteiger partial charge is 0.203 e. The topological polar surface area (TPSA) is 60.0 Å². The number of hydrogen-bond acceptors (Lipinski definition) is 5. The quantitative estimate of drug-likeness (QED) is 0.509. The van der Waals surface area contributed by atoms with Gasteiger partial charge in [0.25, 0.3) is 0 Å². The highest BCUT2D eigenvalue weighted by molar-refractivity contribution is 5.53. The van der Waals surface area contributed by atoms with Gasteiger partial charge < -0.3 is 24.6 Å². The SMILES string of the molecule is COc1cc(CNCC(C)C(O)(c2ccccc2)c2ccccc2)cc(OC)c1OC. The average Bonchev–Trinajstić information content (AvgIpc) is 2.83. The van der Waals surface area contributed by atoms with Gasteiger partial charge in [0, 0.05) is 19.0 Å². The van der Waals surface area contributed by atoms with E-state index in [-0.39, 0.29) is 5.92 Å². The second-order valence-corrected chi connectivity index (χ2v) is 7.56. The molecule has 31 heavy (non-hydrogen) atoms. The van der Waals surface area contributed by atoms with Crippen LogP contribution in [0.1, 0.15) is 23.6 Å². The number of ether oxygens (including phenoxy) is 3. The van der Waals surface area contributed by atoms with Crippen molar-refractivity contribution in [2.24, 2.45) is 5.92 Å². The monoisotopic (exact) mass is 421 g/mol. The first-order valence-electron chi connectivity index (χ1n) is 10.4. The van der Waals surface area contributed by atoms with E-state index in [1.165, 1.54) is 0 Å². The van der Waals surface area contributed by atoms with Gasteiger partial charge in [-0.1, -0.05) is 67.6 Å². The van der Waals surface area contributed by atoms with Crippen molar-refractivity contribution in [2.75, 3.05) is 27.9 Å². The van der Waals surface area contributed by atoms with Crippen LogP contribution in [0.25, 0.3) is 0 Å². The van der Waals surface area contributed by atoms with Crippen molar-refractivity contribution in [3.63, 3.8) is 0 Å². The highest BCUT2D eigenvalue weighted by Gasteiger charge is 2.37. The van der Waals surface area contributed by atoms with Gasteiger partial charge in [0.15, 0.2) is 11.5 Å². The van der Waals surface area contributed by atoms with Gasteiger partial charge in [-0.2, -0.15) is 0 Å². The van der Waals surface area contributed by atoms with Crippen molar-refractivity contribution in [3.8, 4) is 17.2 Å². The molecule has 0 saturated heterocycles. The van der Waals surface area contributed by atoms with Crippen LogP contribution in [0, 0.1) is 5.92 Å². The van der Waals surface area contributed by atoms with Crippen LogP contribution in [0.4, 0.5) is 0 Å². The normalized spacial score (nSPS) is 12.3. The molecule has 0 aromatic heterocycles. The van der Waals surface area contributed by atoms with Crippen LogP contribution in [0.3, 0.4) is 0 Å². The van der Waals surface area contributed by atoms with E-state index in [4.69, 9.17) is 14.2 Å². The second kappa shape index (κ2) is 10.3. The number of aliphatic hydroxyl groups is 1. The van der Waals surface area contributed by atoms with Crippen LogP contribution in [0.2, 0.25) is 0 Å². The van der Waals surface area contributed by atoms with E-state index in [9.17, 15) is 5.11 Å². The van der Waals surface area contributed by atoms with Crippen molar-refractivity contribution in [1.82, 2.24) is 5.32 Å². The fourth-order valence-corrected chi connectivity index (χ4v) is 3.94. The van der Waals surface area contributed by atoms with Crippen molar-refractivity contribution in [3.05, 3.63) is 89.5 Å². The van der Waals surface area contributed by atoms with Crippen LogP contribution < -0.4 is 19.5 Å². The minimum atomic E-state index is -1.11. The van der Waals surface area contributed by atoms with Crippen LogP contribution in [0.15, 0.2) is 72.8 Å². The first-order valence-corrected chi connectivity index (χ1v) is 10.4. The lowest BCUT2D eigenvalue weighted by molar-refractivity contribution is 0.0239. The average molecular weight is 422 g/mol. The van der Waals surface area contributed by atoms with E-state index in [2.05, 4.69) is 12.2 Å². The number of rotatable bonds is 10. The van der Waals surface area contributed by atoms with Crippen molar-refractivity contribution in [1.29, 1.82) is 0 Å². The van der Waals surface area contributed by atoms with E-state index in [0.29, 0.717) is 30.3 Å². The Morgan fingerprint density at radius 3 is 1.71 bits per heavy atom. The van der Waals surface area contributed by atoms with E-state index >= 15 is 0 Å². The lowest BCUT2D eigenvalue weighted by Crippen LogP contribution is -2.40. The molecule has 3 aromatic rings. The molecule has 1 atom stereocenters. The molecule has 3 aromatic carbocycles. The van der Waals surface area contributed by atoms with Gasteiger partial charge in [0.2, 0.25) is 5.75 Å². The Morgan fingerprint density at radius 2 is 1.29 bits per heavy atom. The Hall–Kier alpha value is -3.02. The molecule has 5 heteroatoms. The third-order valence-electron chi connectivity index (χ3n) is 5.65. The van der Waals surface area contributed by atoms with Crippen LogP contribution >= 0.6 is 0 Å². The lowest BCUT2D eigenvalue weighted by Gasteiger charge is -2.35. The second-order valence-electron chi connectivity index (χ2n) is 7.56. The standard InChI is InChI=1S/C26H31NO4/c1-19(17-27-18-20-15-23(29-2)25(31-4)24(16-20)30-3)26(28,21-11-7-5-8-12-21)22-13-9-6-10-14-22/h5-16,19,27-28H,17-18H2,1-4H3. The zero-order valence-corrected chi connectivity index (χ0v) is 18.6. The zero-order chi connectivity index (χ0) is 22.3. The van der Waals surface area contributed by atoms with Crippen molar-refractivity contribution in [2.45, 2.75) is 19.1 Å². The predicted molar refractivity (Wildman–Crippen MR) is 123 cm³/mol. The van der Waals surface area contributed by atoms with Gasteiger partial charge in [-0.25, -0.2) is 0 Å². The van der Waals surface area contributed by atoms with E-state index in [1.807, 2.05) is 72.8 Å². The summed E-state index contributed by atoms with van der Waals surface area (Å²) in [6, 6.07) is 23.5. The molecule has 0 saturated carbocycles. The number of nitrogens with one attached hydrogen (secondary N) is 1. The number of hydrogen-bond donors (Lipinski definition) is 2. The Morgan fingerprint density at radius 1 is 0.806 bits per heavy atom. The molecule has 5 nitrogen and oxygen atoms in total. The van der Waals surface area contributed by atoms with Crippen molar-refractivity contribution >= 4 is 0 Å². The molecule has 0 aliphatic heterocycles. The maximum absolute atomic E-state index is 11.9. The molecular formula is C26H31NO4. The van der Waals surface area contributed by atoms with Crippen LogP contribution in [-0.2, 0) is 12.1 Å². The Labute approximate surface area is 184 Å². The summed E-state index contributed by atoms with van der Waals surface area (Å²) in [6.45, 7) is 3.26. The highest BCUT2D eigenvalue weighted by atomic mass is 16.5. The summed E-state index contributed by atoms with van der Waals surface area (Å²) < 4.78 is 16.3. The number of methoxy groups -OCH3 is 3. The first kappa shape index (κ1) is 22.7. The van der Waals surface area contributed by atoms with Crippen LogP contribution in [-0.4, -0.2) is 33.0 Å². The summed E-state index contributed by atoms with van der Waals surface area (Å²) in [5.74, 6) is 1.73. The summed E-state index contributed by atoms with van der Waals surface area (Å²) >= 11 is 0. The number of benzene rings is 3. The van der Waals surface area contributed by atoms with Gasteiger partial charge in [-0.3, -0.25) is 0 Å². The first-order chi connectivity index (χ1) is 15.0. The fraction of sp³-hybridized carbons (Fsp3) is 0.308. The highest BCUT2D eigenvalue weighted by Crippen LogP contribution is 2.39. The summed E-state index contributed by atoms with van der Waals surface area (Å²) in [4.78, 5) is 0. The third kappa shape index (κ3) is 4.84. The molecule has 0 fully saturated rings. The molecule has 0 aliphatic carbocycles. The molecule has 0 radical (unpaired) electrons. The Kier molecular flexibility index (Phi) is 7.55. The van der Waals surface area contributed by atoms with E-state index < -0.39 is 5.60 Å². The zero-order valence-electron chi connectivity index (χ0n) is 18.6. The molecule has 0 amide bonds. The molecule has 0 spiro atoms. The minimum Gasteiger partial charge on any atom is -0.493 e. The third-order valence-corrected chi connectivity index (χ3v) is 5.65. The molecule has 1 unspecified atom stereocenters. The molecule has 0 heterocycles. The maximum atomic E-state index is 11.9. The van der Waals surface area contributed by atoms with Gasteiger partial charge in [0.1, 0.15) is 5.60 Å². The van der Waals surface area contributed by atoms with E-state index in [1.54, 1.807) is 21.3 Å². The molecule has 3 rings (SSSR count). The Bertz CT molecular complexity index is 895. The van der Waals surface area contributed by atoms with Gasteiger partial charge in [0.05, 0.1) is 21.3 Å². The summed E-state index contributed by atoms with van der Waals surface area (Å²) in [5, 5.41) is 15.3. The summed E-state index contributed by atoms with van der Waals surface area (Å²) in [5.41, 5.74) is 1.65. The molecule has 0 bridgehead atoms. The van der Waals surface area contributed by atoms with Gasteiger partial charge >= 0.3 is 0 Å². The van der Waals surface area contributed by atoms with Crippen LogP contribution in [0.5, 0.6) is 17.2 Å². The van der Waals surface area contributed by atoms with E-state index in [0.717, 1.165) is 16.7 Å². The molecule has 0 aliphatic rings. The Balaban J connectivity index is 1.79. The van der Waals surface area contributed by atoms with Gasteiger partial charge in [-0.15, -0.1) is 0 Å². The lowest BCUT2D eigenvalue weighted by atomic mass is 9.77. The predicted octanol–water partition coefficient (Wildman–Crippen LogP) is 4.37. The summed E-state index contributed by atoms with van der Waals surface area (Å²) in [7, 11) is 4.81. The van der Waals surface area contributed by atoms with Gasteiger partial charge in [-0.05, 0) is 28.8 Å². The minimum absolute atomic E-state index is 0.0839. The maximum Gasteiger partial charge on any atom is 0.203 e. The largest absolute Gasteiger partial charge is 0.493 e. The van der Waals surface area contributed by atoms with Crippen molar-refractivity contribution < 1.29 is 19.3 Å². The summed E-state index contributed by atoms with van der Waals surface area (Å²) in [6.07, 6.45) is 0. The molecular weight excluding hydrogens is 390 g/mol. The molecule has 2 N–H and O–H groups in total. The fourth-order valence-electron chi connectivity index (χ4n) is 3.94.